The Hall–Kier alpha value is -1.98. The molecule has 1 fully saturated rings. The molecule has 204 valence electrons. The Morgan fingerprint density at radius 3 is 2.19 bits per heavy atom. The molecule has 0 radical (unpaired) electrons. The predicted octanol–water partition coefficient (Wildman–Crippen LogP) is 4.35. The topological polar surface area (TPSA) is 122 Å². The molecular weight excluding hydrogens is 532 g/mol. The number of nitrogens with two attached hydrogens (primary N) is 1. The summed E-state index contributed by atoms with van der Waals surface area (Å²) in [6.07, 6.45) is 1.62. The third-order valence-corrected chi connectivity index (χ3v) is 10.2. The van der Waals surface area contributed by atoms with Gasteiger partial charge in [0.15, 0.2) is 0 Å². The van der Waals surface area contributed by atoms with Crippen LogP contribution in [0.2, 0.25) is 0 Å². The summed E-state index contributed by atoms with van der Waals surface area (Å²) in [5.74, 6) is -0.404. The lowest BCUT2D eigenvalue weighted by Crippen LogP contribution is -2.55. The van der Waals surface area contributed by atoms with E-state index in [9.17, 15) is 18.0 Å². The number of amides is 2. The Morgan fingerprint density at radius 1 is 1.08 bits per heavy atom. The van der Waals surface area contributed by atoms with Crippen molar-refractivity contribution in [3.8, 4) is 0 Å². The third kappa shape index (κ3) is 5.88. The maximum absolute atomic E-state index is 13.2. The molecule has 0 saturated carbocycles. The summed E-state index contributed by atoms with van der Waals surface area (Å²) >= 11 is 1.35. The number of anilines is 1. The molecule has 11 heteroatoms. The van der Waals surface area contributed by atoms with Crippen LogP contribution in [0.25, 0.3) is 0 Å². The highest BCUT2D eigenvalue weighted by Gasteiger charge is 2.41. The fourth-order valence-corrected chi connectivity index (χ4v) is 8.74. The first-order valence-corrected chi connectivity index (χ1v) is 14.5. The number of nitrogens with zero attached hydrogens (tertiary/aromatic N) is 1. The first-order chi connectivity index (χ1) is 16.6. The molecule has 1 aromatic carbocycles. The third-order valence-electron chi connectivity index (χ3n) is 6.91. The van der Waals surface area contributed by atoms with Crippen LogP contribution in [-0.4, -0.2) is 43.2 Å². The van der Waals surface area contributed by atoms with Gasteiger partial charge < -0.3 is 16.4 Å². The molecule has 2 aliphatic rings. The van der Waals surface area contributed by atoms with E-state index >= 15 is 0 Å². The van der Waals surface area contributed by atoms with Crippen LogP contribution >= 0.6 is 23.7 Å². The molecule has 3 heterocycles. The molecule has 2 aromatic rings. The molecule has 4 rings (SSSR count). The van der Waals surface area contributed by atoms with Gasteiger partial charge in [0, 0.05) is 34.6 Å². The lowest BCUT2D eigenvalue weighted by molar-refractivity contribution is 0.0999. The lowest BCUT2D eigenvalue weighted by atomic mass is 9.81. The highest BCUT2D eigenvalue weighted by Crippen LogP contribution is 2.45. The number of piperidine rings is 1. The van der Waals surface area contributed by atoms with E-state index in [1.807, 2.05) is 13.8 Å². The average molecular weight is 569 g/mol. The normalized spacial score (nSPS) is 23.0. The van der Waals surface area contributed by atoms with Gasteiger partial charge in [-0.2, -0.15) is 4.31 Å². The minimum atomic E-state index is -3.64. The Balaban J connectivity index is 0.00000380. The standard InChI is InChI=1S/C26H36N4O4S2.ClH/c1-15-11-16(2)14-30(13-15)36(33,34)18-9-7-17(8-10-18)23(32)28-24-20(22(27)31)19-12-25(3,4)29-26(5,6)21(19)35-24;/h7-10,15-16,29H,11-14H2,1-6H3,(H2,27,31)(H,28,32);1H. The number of carbonyl (C=O) groups is 2. The van der Waals surface area contributed by atoms with Crippen LogP contribution in [0.1, 0.15) is 79.1 Å². The Bertz CT molecular complexity index is 1290. The summed E-state index contributed by atoms with van der Waals surface area (Å²) < 4.78 is 27.9. The van der Waals surface area contributed by atoms with Gasteiger partial charge in [0.1, 0.15) is 5.00 Å². The van der Waals surface area contributed by atoms with Crippen molar-refractivity contribution in [1.29, 1.82) is 0 Å². The van der Waals surface area contributed by atoms with Gasteiger partial charge in [-0.25, -0.2) is 8.42 Å². The molecule has 2 unspecified atom stereocenters. The van der Waals surface area contributed by atoms with E-state index < -0.39 is 27.4 Å². The number of hydrogen-bond acceptors (Lipinski definition) is 6. The maximum atomic E-state index is 13.2. The molecule has 4 N–H and O–H groups in total. The quantitative estimate of drug-likeness (QED) is 0.495. The zero-order valence-corrected chi connectivity index (χ0v) is 24.6. The Labute approximate surface area is 229 Å². The van der Waals surface area contributed by atoms with E-state index in [-0.39, 0.29) is 22.8 Å². The van der Waals surface area contributed by atoms with Crippen LogP contribution < -0.4 is 16.4 Å². The van der Waals surface area contributed by atoms with E-state index in [4.69, 9.17) is 5.73 Å². The zero-order valence-electron chi connectivity index (χ0n) is 22.2. The van der Waals surface area contributed by atoms with E-state index in [0.717, 1.165) is 16.9 Å². The predicted molar refractivity (Wildman–Crippen MR) is 150 cm³/mol. The molecule has 0 aliphatic carbocycles. The monoisotopic (exact) mass is 568 g/mol. The van der Waals surface area contributed by atoms with Gasteiger partial charge in [0.05, 0.1) is 10.5 Å². The van der Waals surface area contributed by atoms with Crippen molar-refractivity contribution in [1.82, 2.24) is 9.62 Å². The number of thiophene rings is 1. The number of primary amides is 1. The first kappa shape index (κ1) is 29.6. The molecule has 8 nitrogen and oxygen atoms in total. The second kappa shape index (κ2) is 10.3. The molecule has 2 amide bonds. The van der Waals surface area contributed by atoms with Gasteiger partial charge in [0.2, 0.25) is 10.0 Å². The molecule has 2 atom stereocenters. The number of halogens is 1. The maximum Gasteiger partial charge on any atom is 0.256 e. The van der Waals surface area contributed by atoms with Crippen molar-refractivity contribution in [3.05, 3.63) is 45.8 Å². The van der Waals surface area contributed by atoms with Gasteiger partial charge in [0.25, 0.3) is 11.8 Å². The lowest BCUT2D eigenvalue weighted by Gasteiger charge is -2.42. The van der Waals surface area contributed by atoms with Gasteiger partial charge in [-0.1, -0.05) is 13.8 Å². The molecule has 2 aliphatic heterocycles. The number of nitrogens with one attached hydrogen (secondary N) is 2. The summed E-state index contributed by atoms with van der Waals surface area (Å²) in [7, 11) is -3.64. The van der Waals surface area contributed by atoms with Crippen molar-refractivity contribution < 1.29 is 18.0 Å². The van der Waals surface area contributed by atoms with Crippen molar-refractivity contribution in [3.63, 3.8) is 0 Å². The van der Waals surface area contributed by atoms with Crippen molar-refractivity contribution in [2.24, 2.45) is 17.6 Å². The SMILES string of the molecule is CC1CC(C)CN(S(=O)(=O)c2ccc(C(=O)Nc3sc4c(c3C(N)=O)CC(C)(C)NC4(C)C)cc2)C1.Cl. The van der Waals surface area contributed by atoms with Crippen LogP contribution in [0.3, 0.4) is 0 Å². The number of rotatable bonds is 5. The molecular formula is C26H37ClN4O4S2. The van der Waals surface area contributed by atoms with Crippen molar-refractivity contribution in [2.75, 3.05) is 18.4 Å². The summed E-state index contributed by atoms with van der Waals surface area (Å²) in [5.41, 5.74) is 6.63. The minimum Gasteiger partial charge on any atom is -0.365 e. The Kier molecular flexibility index (Phi) is 8.23. The number of hydrogen-bond donors (Lipinski definition) is 3. The number of sulfonamides is 1. The largest absolute Gasteiger partial charge is 0.365 e. The van der Waals surface area contributed by atoms with Crippen LogP contribution in [-0.2, 0) is 22.0 Å². The fraction of sp³-hybridized carbons (Fsp3) is 0.538. The second-order valence-electron chi connectivity index (χ2n) is 11.5. The Morgan fingerprint density at radius 2 is 1.65 bits per heavy atom. The van der Waals surface area contributed by atoms with Crippen molar-refractivity contribution >= 4 is 50.6 Å². The summed E-state index contributed by atoms with van der Waals surface area (Å²) in [4.78, 5) is 26.7. The van der Waals surface area contributed by atoms with E-state index in [1.165, 1.54) is 39.9 Å². The molecule has 1 saturated heterocycles. The van der Waals surface area contributed by atoms with Crippen LogP contribution in [0, 0.1) is 11.8 Å². The van der Waals surface area contributed by atoms with E-state index in [1.54, 1.807) is 0 Å². The van der Waals surface area contributed by atoms with Gasteiger partial charge in [-0.15, -0.1) is 23.7 Å². The minimum absolute atomic E-state index is 0. The highest BCUT2D eigenvalue weighted by molar-refractivity contribution is 7.89. The van der Waals surface area contributed by atoms with Gasteiger partial charge in [-0.05, 0) is 82.2 Å². The summed E-state index contributed by atoms with van der Waals surface area (Å²) in [5, 5.41) is 6.86. The number of carbonyl (C=O) groups excluding carboxylic acids is 2. The summed E-state index contributed by atoms with van der Waals surface area (Å²) in [6, 6.07) is 5.95. The number of fused-ring (bicyclic) bond motifs is 1. The highest BCUT2D eigenvalue weighted by atomic mass is 35.5. The summed E-state index contributed by atoms with van der Waals surface area (Å²) in [6.45, 7) is 13.3. The van der Waals surface area contributed by atoms with Gasteiger partial charge in [-0.3, -0.25) is 9.59 Å². The van der Waals surface area contributed by atoms with Gasteiger partial charge >= 0.3 is 0 Å². The molecule has 0 spiro atoms. The van der Waals surface area contributed by atoms with E-state index in [2.05, 4.69) is 38.3 Å². The van der Waals surface area contributed by atoms with Crippen LogP contribution in [0.5, 0.6) is 0 Å². The van der Waals surface area contributed by atoms with Crippen LogP contribution in [0.4, 0.5) is 5.00 Å². The van der Waals surface area contributed by atoms with Crippen molar-refractivity contribution in [2.45, 2.75) is 70.4 Å². The zero-order chi connectivity index (χ0) is 26.6. The van der Waals surface area contributed by atoms with Crippen LogP contribution in [0.15, 0.2) is 29.2 Å². The number of benzene rings is 1. The first-order valence-electron chi connectivity index (χ1n) is 12.3. The molecule has 37 heavy (non-hydrogen) atoms. The smallest absolute Gasteiger partial charge is 0.256 e. The molecule has 1 aromatic heterocycles. The van der Waals surface area contributed by atoms with E-state index in [0.29, 0.717) is 47.5 Å². The second-order valence-corrected chi connectivity index (χ2v) is 14.5. The average Bonchev–Trinajstić information content (AvgIpc) is 3.10. The molecule has 0 bridgehead atoms. The fourth-order valence-electron chi connectivity index (χ4n) is 5.78.